The Hall–Kier alpha value is -0.0700. The van der Waals surface area contributed by atoms with Crippen LogP contribution in [-0.4, -0.2) is 6.67 Å². The highest BCUT2D eigenvalue weighted by Crippen LogP contribution is 2.30. The third-order valence-corrected chi connectivity index (χ3v) is 2.19. The average Bonchev–Trinajstić information content (AvgIpc) is 2.46. The molecule has 0 radical (unpaired) electrons. The molecule has 0 spiro atoms. The molecule has 1 aliphatic rings. The van der Waals surface area contributed by atoms with Gasteiger partial charge in [0, 0.05) is 0 Å². The van der Waals surface area contributed by atoms with Crippen LogP contribution in [0.3, 0.4) is 0 Å². The molecule has 0 saturated heterocycles. The maximum absolute atomic E-state index is 10.3. The minimum atomic E-state index is -0.250. The molecule has 130 valence electrons. The summed E-state index contributed by atoms with van der Waals surface area (Å²) in [4.78, 5) is 0. The molecule has 0 nitrogen and oxygen atoms in total. The normalized spacial score (nSPS) is 10.9. The lowest BCUT2D eigenvalue weighted by Gasteiger charge is -2.24. The molecule has 1 aliphatic carbocycles. The van der Waals surface area contributed by atoms with Crippen molar-refractivity contribution in [2.45, 2.75) is 114 Å². The van der Waals surface area contributed by atoms with Gasteiger partial charge in [0.1, 0.15) is 0 Å². The molecule has 1 heteroatoms. The van der Waals surface area contributed by atoms with Crippen LogP contribution >= 0.6 is 0 Å². The van der Waals surface area contributed by atoms with E-state index in [1.807, 2.05) is 41.5 Å². The maximum Gasteiger partial charge on any atom is 0.0866 e. The fraction of sp³-hybridized carbons (Fsp3) is 1.00. The van der Waals surface area contributed by atoms with Crippen LogP contribution in [-0.2, 0) is 0 Å². The summed E-state index contributed by atoms with van der Waals surface area (Å²) in [6.45, 7) is 19.7. The third kappa shape index (κ3) is 52.1. The maximum atomic E-state index is 10.3. The van der Waals surface area contributed by atoms with E-state index < -0.39 is 0 Å². The fourth-order valence-electron chi connectivity index (χ4n) is 1.27. The SMILES string of the molecule is CC.CC.CC.CCC.CCCCC1CCC1.CCF. The highest BCUT2D eigenvalue weighted by atomic mass is 19.1. The first-order valence-electron chi connectivity index (χ1n) is 9.32. The number of rotatable bonds is 3. The molecular formula is C19H47F. The highest BCUT2D eigenvalue weighted by molar-refractivity contribution is 4.68. The van der Waals surface area contributed by atoms with Gasteiger partial charge >= 0.3 is 0 Å². The molecule has 0 aromatic rings. The summed E-state index contributed by atoms with van der Waals surface area (Å²) in [6.07, 6.45) is 10.2. The van der Waals surface area contributed by atoms with Crippen LogP contribution in [0.2, 0.25) is 0 Å². The molecule has 0 N–H and O–H groups in total. The Morgan fingerprint density at radius 3 is 1.25 bits per heavy atom. The van der Waals surface area contributed by atoms with Crippen LogP contribution in [0.15, 0.2) is 0 Å². The molecule has 1 rings (SSSR count). The Morgan fingerprint density at radius 1 is 0.800 bits per heavy atom. The minimum absolute atomic E-state index is 0.250. The summed E-state index contributed by atoms with van der Waals surface area (Å²) < 4.78 is 10.3. The number of hydrogen-bond acceptors (Lipinski definition) is 0. The van der Waals surface area contributed by atoms with Crippen molar-refractivity contribution in [2.75, 3.05) is 6.67 Å². The lowest BCUT2D eigenvalue weighted by atomic mass is 9.82. The molecule has 0 unspecified atom stereocenters. The standard InChI is InChI=1S/C8H16.C3H8.C2H5F.3C2H6/c1-2-3-5-8-6-4-7-8;1-3-2;1-2-3;3*1-2/h8H,2-7H2,1H3;3H2,1-2H3;2H2,1H3;3*1-2H3. The van der Waals surface area contributed by atoms with Crippen LogP contribution in [0.4, 0.5) is 4.39 Å². The van der Waals surface area contributed by atoms with Gasteiger partial charge in [-0.3, -0.25) is 4.39 Å². The van der Waals surface area contributed by atoms with E-state index in [0.717, 1.165) is 5.92 Å². The van der Waals surface area contributed by atoms with Crippen molar-refractivity contribution in [1.29, 1.82) is 0 Å². The first kappa shape index (κ1) is 32.0. The minimum Gasteiger partial charge on any atom is -0.251 e. The zero-order valence-corrected chi connectivity index (χ0v) is 16.6. The molecule has 0 amide bonds. The average molecular weight is 295 g/mol. The summed E-state index contributed by atoms with van der Waals surface area (Å²) in [5.74, 6) is 1.13. The van der Waals surface area contributed by atoms with Crippen LogP contribution < -0.4 is 0 Å². The number of halogens is 1. The molecule has 1 fully saturated rings. The molecule has 0 bridgehead atoms. The lowest BCUT2D eigenvalue weighted by Crippen LogP contribution is -2.09. The van der Waals surface area contributed by atoms with Gasteiger partial charge in [-0.2, -0.15) is 0 Å². The zero-order valence-electron chi connectivity index (χ0n) is 16.6. The Kier molecular flexibility index (Phi) is 81.6. The summed E-state index contributed by atoms with van der Waals surface area (Å²) >= 11 is 0. The van der Waals surface area contributed by atoms with Crippen LogP contribution in [0.5, 0.6) is 0 Å². The van der Waals surface area contributed by atoms with Gasteiger partial charge in [-0.25, -0.2) is 0 Å². The van der Waals surface area contributed by atoms with Crippen molar-refractivity contribution in [3.63, 3.8) is 0 Å². The first-order chi connectivity index (χ1) is 9.76. The Labute approximate surface area is 131 Å². The van der Waals surface area contributed by atoms with Gasteiger partial charge in [0.05, 0.1) is 6.67 Å². The van der Waals surface area contributed by atoms with E-state index >= 15 is 0 Å². The predicted molar refractivity (Wildman–Crippen MR) is 98.5 cm³/mol. The van der Waals surface area contributed by atoms with E-state index in [2.05, 4.69) is 20.8 Å². The Balaban J connectivity index is -0.0000000534. The van der Waals surface area contributed by atoms with Crippen molar-refractivity contribution in [3.8, 4) is 0 Å². The second-order valence-electron chi connectivity index (χ2n) is 3.91. The fourth-order valence-corrected chi connectivity index (χ4v) is 1.27. The summed E-state index contributed by atoms with van der Waals surface area (Å²) in [5.41, 5.74) is 0. The van der Waals surface area contributed by atoms with Gasteiger partial charge in [-0.05, 0) is 12.8 Å². The quantitative estimate of drug-likeness (QED) is 0.489. The van der Waals surface area contributed by atoms with Gasteiger partial charge < -0.3 is 0 Å². The largest absolute Gasteiger partial charge is 0.251 e. The van der Waals surface area contributed by atoms with E-state index in [4.69, 9.17) is 0 Å². The second-order valence-corrected chi connectivity index (χ2v) is 3.91. The third-order valence-electron chi connectivity index (χ3n) is 2.19. The molecule has 0 heterocycles. The van der Waals surface area contributed by atoms with Crippen molar-refractivity contribution in [3.05, 3.63) is 0 Å². The molecular weight excluding hydrogens is 247 g/mol. The lowest BCUT2D eigenvalue weighted by molar-refractivity contribution is 0.289. The van der Waals surface area contributed by atoms with Gasteiger partial charge in [0.25, 0.3) is 0 Å². The van der Waals surface area contributed by atoms with Crippen molar-refractivity contribution >= 4 is 0 Å². The van der Waals surface area contributed by atoms with Crippen LogP contribution in [0.1, 0.15) is 114 Å². The Morgan fingerprint density at radius 2 is 1.10 bits per heavy atom. The van der Waals surface area contributed by atoms with Gasteiger partial charge in [0.15, 0.2) is 0 Å². The summed E-state index contributed by atoms with van der Waals surface area (Å²) in [6, 6.07) is 0. The zero-order chi connectivity index (χ0) is 17.2. The second kappa shape index (κ2) is 50.9. The number of alkyl halides is 1. The monoisotopic (exact) mass is 294 g/mol. The molecule has 0 atom stereocenters. The van der Waals surface area contributed by atoms with Gasteiger partial charge in [0.2, 0.25) is 0 Å². The van der Waals surface area contributed by atoms with E-state index in [-0.39, 0.29) is 6.67 Å². The Bertz CT molecular complexity index is 75.8. The highest BCUT2D eigenvalue weighted by Gasteiger charge is 2.15. The number of unbranched alkanes of at least 4 members (excludes halogenated alkanes) is 1. The molecule has 20 heavy (non-hydrogen) atoms. The first-order valence-corrected chi connectivity index (χ1v) is 9.32. The molecule has 1 saturated carbocycles. The van der Waals surface area contributed by atoms with Gasteiger partial charge in [-0.1, -0.05) is 107 Å². The summed E-state index contributed by atoms with van der Waals surface area (Å²) in [7, 11) is 0. The van der Waals surface area contributed by atoms with Crippen molar-refractivity contribution in [2.24, 2.45) is 5.92 Å². The topological polar surface area (TPSA) is 0 Å². The number of hydrogen-bond donors (Lipinski definition) is 0. The predicted octanol–water partition coefficient (Wildman–Crippen LogP) is 8.45. The van der Waals surface area contributed by atoms with E-state index in [1.165, 1.54) is 51.9 Å². The van der Waals surface area contributed by atoms with Crippen LogP contribution in [0.25, 0.3) is 0 Å². The summed E-state index contributed by atoms with van der Waals surface area (Å²) in [5, 5.41) is 0. The molecule has 0 aromatic heterocycles. The molecule has 0 aromatic carbocycles. The van der Waals surface area contributed by atoms with Crippen molar-refractivity contribution < 1.29 is 4.39 Å². The van der Waals surface area contributed by atoms with Gasteiger partial charge in [-0.15, -0.1) is 0 Å². The van der Waals surface area contributed by atoms with E-state index in [0.29, 0.717) is 0 Å². The smallest absolute Gasteiger partial charge is 0.0866 e. The molecule has 0 aliphatic heterocycles. The van der Waals surface area contributed by atoms with Crippen molar-refractivity contribution in [1.82, 2.24) is 0 Å². The van der Waals surface area contributed by atoms with E-state index in [9.17, 15) is 4.39 Å². The van der Waals surface area contributed by atoms with E-state index in [1.54, 1.807) is 0 Å². The van der Waals surface area contributed by atoms with Crippen LogP contribution in [0, 0.1) is 5.92 Å².